The van der Waals surface area contributed by atoms with Crippen molar-refractivity contribution in [3.8, 4) is 17.6 Å². The Morgan fingerprint density at radius 1 is 1.39 bits per heavy atom. The molecule has 3 heterocycles. The monoisotopic (exact) mass is 466 g/mol. The van der Waals surface area contributed by atoms with Crippen molar-refractivity contribution in [1.29, 1.82) is 0 Å². The number of aliphatic carboxylic acids is 1. The molecule has 0 bridgehead atoms. The maximum absolute atomic E-state index is 15.3. The molecule has 2 aromatic heterocycles. The van der Waals surface area contributed by atoms with Crippen molar-refractivity contribution in [2.75, 3.05) is 26.7 Å². The van der Waals surface area contributed by atoms with E-state index < -0.39 is 18.1 Å². The molecule has 7 heteroatoms. The van der Waals surface area contributed by atoms with Gasteiger partial charge in [-0.25, -0.2) is 4.39 Å². The van der Waals surface area contributed by atoms with Gasteiger partial charge in [-0.05, 0) is 73.0 Å². The number of rotatable bonds is 7. The summed E-state index contributed by atoms with van der Waals surface area (Å²) in [6.45, 7) is 1.77. The van der Waals surface area contributed by atoms with Gasteiger partial charge in [-0.1, -0.05) is 17.9 Å². The van der Waals surface area contributed by atoms with Crippen molar-refractivity contribution >= 4 is 28.2 Å². The average Bonchev–Trinajstić information content (AvgIpc) is 3.35. The standard InChI is InChI=1S/C26H27FN2O3S/c1-32-19-7-9-25-22(16-19)21(10-12-28-25)24(27)8-6-18-11-14-29(17-23(18)26(30)31)13-2-4-20-5-3-15-33-20/h3,5,7,9-10,12,15-16,18,23-24H,6,8,11,13-14,17H2,1H3,(H,30,31)/t18-,23+,24-/m1/s1. The SMILES string of the molecule is COc1ccc2nccc([C@H](F)CC[C@@H]3CCN(CC#Cc4cccs4)C[C@@H]3C(=O)O)c2c1. The number of pyridine rings is 1. The molecule has 4 rings (SSSR count). The lowest BCUT2D eigenvalue weighted by Crippen LogP contribution is -2.44. The van der Waals surface area contributed by atoms with Gasteiger partial charge in [-0.15, -0.1) is 11.3 Å². The minimum absolute atomic E-state index is 0.0510. The fraction of sp³-hybridized carbons (Fsp3) is 0.385. The van der Waals surface area contributed by atoms with Gasteiger partial charge in [0, 0.05) is 18.1 Å². The number of likely N-dealkylation sites (tertiary alicyclic amines) is 1. The maximum Gasteiger partial charge on any atom is 0.308 e. The molecule has 172 valence electrons. The lowest BCUT2D eigenvalue weighted by molar-refractivity contribution is -0.146. The Bertz CT molecular complexity index is 1160. The van der Waals surface area contributed by atoms with Crippen LogP contribution in [0.4, 0.5) is 4.39 Å². The van der Waals surface area contributed by atoms with Gasteiger partial charge in [0.05, 0.1) is 30.0 Å². The van der Waals surface area contributed by atoms with Crippen LogP contribution in [0.2, 0.25) is 0 Å². The molecule has 0 radical (unpaired) electrons. The molecule has 5 nitrogen and oxygen atoms in total. The van der Waals surface area contributed by atoms with Crippen molar-refractivity contribution < 1.29 is 19.0 Å². The van der Waals surface area contributed by atoms with E-state index in [1.807, 2.05) is 29.6 Å². The van der Waals surface area contributed by atoms with Crippen LogP contribution in [-0.2, 0) is 4.79 Å². The highest BCUT2D eigenvalue weighted by Gasteiger charge is 2.34. The Hall–Kier alpha value is -2.95. The third-order valence-corrected chi connectivity index (χ3v) is 7.09. The first-order valence-electron chi connectivity index (χ1n) is 11.1. The number of carboxylic acid groups (broad SMARTS) is 1. The summed E-state index contributed by atoms with van der Waals surface area (Å²) in [5.41, 5.74) is 1.29. The molecule has 0 aliphatic carbocycles. The largest absolute Gasteiger partial charge is 0.497 e. The molecular formula is C26H27FN2O3S. The Morgan fingerprint density at radius 3 is 3.03 bits per heavy atom. The summed E-state index contributed by atoms with van der Waals surface area (Å²) >= 11 is 1.59. The highest BCUT2D eigenvalue weighted by atomic mass is 32.1. The molecule has 3 aromatic rings. The quantitative estimate of drug-likeness (QED) is 0.487. The number of ether oxygens (including phenoxy) is 1. The summed E-state index contributed by atoms with van der Waals surface area (Å²) in [5, 5.41) is 12.5. The summed E-state index contributed by atoms with van der Waals surface area (Å²) in [6.07, 6.45) is 1.97. The highest BCUT2D eigenvalue weighted by Crippen LogP contribution is 2.35. The predicted molar refractivity (Wildman–Crippen MR) is 128 cm³/mol. The van der Waals surface area contributed by atoms with Crippen molar-refractivity contribution in [2.45, 2.75) is 25.4 Å². The topological polar surface area (TPSA) is 62.7 Å². The fourth-order valence-electron chi connectivity index (χ4n) is 4.49. The molecule has 1 N–H and O–H groups in total. The number of thiophene rings is 1. The number of hydrogen-bond acceptors (Lipinski definition) is 5. The fourth-order valence-corrected chi connectivity index (χ4v) is 5.08. The van der Waals surface area contributed by atoms with E-state index in [4.69, 9.17) is 4.74 Å². The van der Waals surface area contributed by atoms with E-state index in [0.717, 1.165) is 28.7 Å². The van der Waals surface area contributed by atoms with Crippen LogP contribution in [0, 0.1) is 23.7 Å². The first kappa shape index (κ1) is 23.2. The van der Waals surface area contributed by atoms with Crippen molar-refractivity contribution in [3.63, 3.8) is 0 Å². The molecule has 0 amide bonds. The van der Waals surface area contributed by atoms with Gasteiger partial charge in [0.15, 0.2) is 0 Å². The number of aromatic nitrogens is 1. The lowest BCUT2D eigenvalue weighted by Gasteiger charge is -2.35. The summed E-state index contributed by atoms with van der Waals surface area (Å²) in [4.78, 5) is 19.4. The minimum atomic E-state index is -1.19. The van der Waals surface area contributed by atoms with Crippen LogP contribution < -0.4 is 4.74 Å². The molecule has 1 aliphatic heterocycles. The predicted octanol–water partition coefficient (Wildman–Crippen LogP) is 5.17. The van der Waals surface area contributed by atoms with Crippen LogP contribution in [0.5, 0.6) is 5.75 Å². The number of nitrogens with zero attached hydrogens (tertiary/aromatic N) is 2. The number of fused-ring (bicyclic) bond motifs is 1. The van der Waals surface area contributed by atoms with Crippen LogP contribution in [0.1, 0.15) is 35.9 Å². The molecule has 1 saturated heterocycles. The van der Waals surface area contributed by atoms with Crippen LogP contribution >= 0.6 is 11.3 Å². The zero-order valence-corrected chi connectivity index (χ0v) is 19.4. The van der Waals surface area contributed by atoms with Crippen LogP contribution in [0.15, 0.2) is 48.0 Å². The number of hydrogen-bond donors (Lipinski definition) is 1. The van der Waals surface area contributed by atoms with Gasteiger partial charge in [-0.2, -0.15) is 0 Å². The van der Waals surface area contributed by atoms with E-state index in [0.29, 0.717) is 30.8 Å². The zero-order chi connectivity index (χ0) is 23.2. The van der Waals surface area contributed by atoms with Gasteiger partial charge in [0.1, 0.15) is 11.9 Å². The molecule has 1 fully saturated rings. The van der Waals surface area contributed by atoms with E-state index in [1.54, 1.807) is 36.8 Å². The van der Waals surface area contributed by atoms with Crippen molar-refractivity contribution in [2.24, 2.45) is 11.8 Å². The summed E-state index contributed by atoms with van der Waals surface area (Å²) in [7, 11) is 1.58. The molecule has 1 aromatic carbocycles. The molecule has 1 aliphatic rings. The van der Waals surface area contributed by atoms with E-state index in [1.165, 1.54) is 0 Å². The molecule has 3 atom stereocenters. The summed E-state index contributed by atoms with van der Waals surface area (Å²) in [5.74, 6) is 5.55. The van der Waals surface area contributed by atoms with E-state index in [9.17, 15) is 9.90 Å². The summed E-state index contributed by atoms with van der Waals surface area (Å²) < 4.78 is 20.6. The van der Waals surface area contributed by atoms with Crippen molar-refractivity contribution in [1.82, 2.24) is 9.88 Å². The number of alkyl halides is 1. The smallest absolute Gasteiger partial charge is 0.308 e. The average molecular weight is 467 g/mol. The van der Waals surface area contributed by atoms with E-state index >= 15 is 4.39 Å². The van der Waals surface area contributed by atoms with Gasteiger partial charge in [-0.3, -0.25) is 14.7 Å². The number of carboxylic acids is 1. The minimum Gasteiger partial charge on any atom is -0.497 e. The van der Waals surface area contributed by atoms with Crippen LogP contribution in [-0.4, -0.2) is 47.7 Å². The third-order valence-electron chi connectivity index (χ3n) is 6.30. The zero-order valence-electron chi connectivity index (χ0n) is 18.5. The molecular weight excluding hydrogens is 439 g/mol. The number of carbonyl (C=O) groups is 1. The van der Waals surface area contributed by atoms with Crippen LogP contribution in [0.25, 0.3) is 10.9 Å². The van der Waals surface area contributed by atoms with Gasteiger partial charge < -0.3 is 9.84 Å². The number of benzene rings is 1. The van der Waals surface area contributed by atoms with Gasteiger partial charge >= 0.3 is 5.97 Å². The number of methoxy groups -OCH3 is 1. The molecule has 0 saturated carbocycles. The molecule has 0 unspecified atom stereocenters. The number of piperidine rings is 1. The second kappa shape index (κ2) is 10.8. The third kappa shape index (κ3) is 5.70. The van der Waals surface area contributed by atoms with E-state index in [-0.39, 0.29) is 12.3 Å². The second-order valence-electron chi connectivity index (χ2n) is 8.34. The van der Waals surface area contributed by atoms with Gasteiger partial charge in [0.25, 0.3) is 0 Å². The van der Waals surface area contributed by atoms with Crippen molar-refractivity contribution in [3.05, 3.63) is 58.4 Å². The first-order chi connectivity index (χ1) is 16.0. The summed E-state index contributed by atoms with van der Waals surface area (Å²) in [6, 6.07) is 11.1. The van der Waals surface area contributed by atoms with Gasteiger partial charge in [0.2, 0.25) is 0 Å². The highest BCUT2D eigenvalue weighted by molar-refractivity contribution is 7.10. The number of halogens is 1. The second-order valence-corrected chi connectivity index (χ2v) is 9.28. The Labute approximate surface area is 197 Å². The van der Waals surface area contributed by atoms with E-state index in [2.05, 4.69) is 21.7 Å². The van der Waals surface area contributed by atoms with Crippen LogP contribution in [0.3, 0.4) is 0 Å². The Morgan fingerprint density at radius 2 is 2.27 bits per heavy atom. The Kier molecular flexibility index (Phi) is 7.58. The molecule has 0 spiro atoms. The first-order valence-corrected chi connectivity index (χ1v) is 12.0. The lowest BCUT2D eigenvalue weighted by atomic mass is 9.81. The maximum atomic E-state index is 15.3. The molecule has 33 heavy (non-hydrogen) atoms. The normalized spacial score (nSPS) is 19.6. The Balaban J connectivity index is 1.38.